The molecule has 0 aliphatic heterocycles. The largest absolute Gasteiger partial charge is 0.497 e. The minimum absolute atomic E-state index is 0.480. The summed E-state index contributed by atoms with van der Waals surface area (Å²) in [6.07, 6.45) is 2.63. The van der Waals surface area contributed by atoms with Gasteiger partial charge in [0.1, 0.15) is 5.75 Å². The number of benzene rings is 1. The second kappa shape index (κ2) is 5.91. The highest BCUT2D eigenvalue weighted by atomic mass is 35.5. The van der Waals surface area contributed by atoms with Gasteiger partial charge in [-0.25, -0.2) is 0 Å². The van der Waals surface area contributed by atoms with Crippen LogP contribution in [0.15, 0.2) is 18.2 Å². The summed E-state index contributed by atoms with van der Waals surface area (Å²) in [5.41, 5.74) is 1.60. The molecule has 1 aromatic carbocycles. The van der Waals surface area contributed by atoms with E-state index in [9.17, 15) is 0 Å². The van der Waals surface area contributed by atoms with E-state index in [0.717, 1.165) is 36.0 Å². The van der Waals surface area contributed by atoms with Crippen LogP contribution in [-0.4, -0.2) is 27.2 Å². The second-order valence-corrected chi connectivity index (χ2v) is 5.50. The second-order valence-electron chi connectivity index (χ2n) is 5.09. The molecule has 1 aliphatic carbocycles. The zero-order valence-electron chi connectivity index (χ0n) is 11.1. The van der Waals surface area contributed by atoms with Crippen LogP contribution in [0.2, 0.25) is 5.02 Å². The molecule has 2 rings (SSSR count). The molecule has 1 aliphatic rings. The van der Waals surface area contributed by atoms with Crippen molar-refractivity contribution in [2.45, 2.75) is 19.4 Å². The molecule has 0 aromatic heterocycles. The van der Waals surface area contributed by atoms with Gasteiger partial charge in [0, 0.05) is 24.7 Å². The van der Waals surface area contributed by atoms with Crippen molar-refractivity contribution in [3.8, 4) is 5.75 Å². The van der Waals surface area contributed by atoms with Crippen LogP contribution in [0.1, 0.15) is 18.4 Å². The van der Waals surface area contributed by atoms with Gasteiger partial charge in [-0.2, -0.15) is 0 Å². The third-order valence-corrected chi connectivity index (χ3v) is 3.94. The Morgan fingerprint density at radius 2 is 2.11 bits per heavy atom. The third kappa shape index (κ3) is 3.37. The van der Waals surface area contributed by atoms with Crippen LogP contribution in [0.25, 0.3) is 0 Å². The highest BCUT2D eigenvalue weighted by molar-refractivity contribution is 6.31. The number of ether oxygens (including phenoxy) is 1. The molecular formula is C14H21ClN2O. The fourth-order valence-electron chi connectivity index (χ4n) is 2.23. The molecule has 0 unspecified atom stereocenters. The Morgan fingerprint density at radius 1 is 1.33 bits per heavy atom. The molecule has 2 N–H and O–H groups in total. The first-order valence-corrected chi connectivity index (χ1v) is 6.75. The number of nitrogens with one attached hydrogen (secondary N) is 2. The minimum Gasteiger partial charge on any atom is -0.497 e. The van der Waals surface area contributed by atoms with E-state index < -0.39 is 0 Å². The topological polar surface area (TPSA) is 33.3 Å². The normalized spacial score (nSPS) is 16.6. The maximum Gasteiger partial charge on any atom is 0.120 e. The molecule has 0 saturated heterocycles. The van der Waals surface area contributed by atoms with Crippen molar-refractivity contribution >= 4 is 11.6 Å². The Hall–Kier alpha value is -0.770. The lowest BCUT2D eigenvalue weighted by atomic mass is 10.1. The van der Waals surface area contributed by atoms with Gasteiger partial charge in [0.15, 0.2) is 0 Å². The standard InChI is InChI=1S/C14H21ClN2O/c1-16-9-14(5-6-14)10-17-8-11-3-4-12(18-2)7-13(11)15/h3-4,7,16-17H,5-6,8-10H2,1-2H3. The Kier molecular flexibility index (Phi) is 4.49. The van der Waals surface area contributed by atoms with Gasteiger partial charge in [0.05, 0.1) is 7.11 Å². The molecule has 0 radical (unpaired) electrons. The van der Waals surface area contributed by atoms with Crippen molar-refractivity contribution in [1.82, 2.24) is 10.6 Å². The monoisotopic (exact) mass is 268 g/mol. The number of halogens is 1. The van der Waals surface area contributed by atoms with Crippen LogP contribution >= 0.6 is 11.6 Å². The van der Waals surface area contributed by atoms with E-state index in [1.165, 1.54) is 12.8 Å². The van der Waals surface area contributed by atoms with Crippen molar-refractivity contribution in [3.05, 3.63) is 28.8 Å². The van der Waals surface area contributed by atoms with Crippen molar-refractivity contribution in [2.24, 2.45) is 5.41 Å². The fourth-order valence-corrected chi connectivity index (χ4v) is 2.47. The first kappa shape index (κ1) is 13.7. The first-order valence-electron chi connectivity index (χ1n) is 6.37. The predicted octanol–water partition coefficient (Wildman–Crippen LogP) is 2.44. The summed E-state index contributed by atoms with van der Waals surface area (Å²) in [6.45, 7) is 2.96. The van der Waals surface area contributed by atoms with E-state index >= 15 is 0 Å². The van der Waals surface area contributed by atoms with E-state index in [-0.39, 0.29) is 0 Å². The smallest absolute Gasteiger partial charge is 0.120 e. The molecule has 0 heterocycles. The SMILES string of the molecule is CNCC1(CNCc2ccc(OC)cc2Cl)CC1. The molecular weight excluding hydrogens is 248 g/mol. The van der Waals surface area contributed by atoms with E-state index in [0.29, 0.717) is 5.41 Å². The van der Waals surface area contributed by atoms with E-state index in [4.69, 9.17) is 16.3 Å². The molecule has 18 heavy (non-hydrogen) atoms. The van der Waals surface area contributed by atoms with Gasteiger partial charge in [0.25, 0.3) is 0 Å². The van der Waals surface area contributed by atoms with Gasteiger partial charge in [-0.3, -0.25) is 0 Å². The van der Waals surface area contributed by atoms with E-state index in [1.807, 2.05) is 25.2 Å². The minimum atomic E-state index is 0.480. The molecule has 1 fully saturated rings. The number of methoxy groups -OCH3 is 1. The van der Waals surface area contributed by atoms with Crippen molar-refractivity contribution in [2.75, 3.05) is 27.2 Å². The Balaban J connectivity index is 1.83. The quantitative estimate of drug-likeness (QED) is 0.797. The lowest BCUT2D eigenvalue weighted by Gasteiger charge is -2.16. The Labute approximate surface area is 114 Å². The first-order chi connectivity index (χ1) is 8.69. The van der Waals surface area contributed by atoms with Gasteiger partial charge in [0.2, 0.25) is 0 Å². The third-order valence-electron chi connectivity index (χ3n) is 3.58. The molecule has 0 spiro atoms. The maximum atomic E-state index is 6.20. The highest BCUT2D eigenvalue weighted by Gasteiger charge is 2.41. The van der Waals surface area contributed by atoms with Gasteiger partial charge in [-0.1, -0.05) is 17.7 Å². The van der Waals surface area contributed by atoms with E-state index in [1.54, 1.807) is 7.11 Å². The van der Waals surface area contributed by atoms with Crippen LogP contribution in [-0.2, 0) is 6.54 Å². The maximum absolute atomic E-state index is 6.20. The zero-order chi connectivity index (χ0) is 13.0. The van der Waals surface area contributed by atoms with Gasteiger partial charge >= 0.3 is 0 Å². The van der Waals surface area contributed by atoms with Crippen LogP contribution in [0.3, 0.4) is 0 Å². The summed E-state index contributed by atoms with van der Waals surface area (Å²) in [5, 5.41) is 7.53. The molecule has 3 nitrogen and oxygen atoms in total. The summed E-state index contributed by atoms with van der Waals surface area (Å²) in [5.74, 6) is 0.803. The average Bonchev–Trinajstić information content (AvgIpc) is 3.12. The Morgan fingerprint density at radius 3 is 2.67 bits per heavy atom. The number of rotatable bonds is 7. The highest BCUT2D eigenvalue weighted by Crippen LogP contribution is 2.44. The summed E-state index contributed by atoms with van der Waals surface area (Å²) in [6, 6.07) is 5.83. The summed E-state index contributed by atoms with van der Waals surface area (Å²) < 4.78 is 5.14. The number of hydrogen-bond donors (Lipinski definition) is 2. The van der Waals surface area contributed by atoms with Crippen molar-refractivity contribution in [1.29, 1.82) is 0 Å². The summed E-state index contributed by atoms with van der Waals surface area (Å²) in [4.78, 5) is 0. The van der Waals surface area contributed by atoms with Crippen molar-refractivity contribution < 1.29 is 4.74 Å². The molecule has 4 heteroatoms. The molecule has 1 saturated carbocycles. The van der Waals surface area contributed by atoms with Gasteiger partial charge in [-0.15, -0.1) is 0 Å². The average molecular weight is 269 g/mol. The summed E-state index contributed by atoms with van der Waals surface area (Å²) in [7, 11) is 3.67. The van der Waals surface area contributed by atoms with Gasteiger partial charge in [-0.05, 0) is 43.0 Å². The number of hydrogen-bond acceptors (Lipinski definition) is 3. The molecule has 0 amide bonds. The zero-order valence-corrected chi connectivity index (χ0v) is 11.8. The summed E-state index contributed by atoms with van der Waals surface area (Å²) >= 11 is 6.20. The molecule has 0 atom stereocenters. The molecule has 1 aromatic rings. The predicted molar refractivity (Wildman–Crippen MR) is 75.3 cm³/mol. The van der Waals surface area contributed by atoms with Crippen LogP contribution in [0.5, 0.6) is 5.75 Å². The van der Waals surface area contributed by atoms with Crippen molar-refractivity contribution in [3.63, 3.8) is 0 Å². The van der Waals surface area contributed by atoms with Crippen LogP contribution in [0, 0.1) is 5.41 Å². The fraction of sp³-hybridized carbons (Fsp3) is 0.571. The Bertz CT molecular complexity index is 405. The van der Waals surface area contributed by atoms with Crippen LogP contribution in [0.4, 0.5) is 0 Å². The lowest BCUT2D eigenvalue weighted by Crippen LogP contribution is -2.31. The van der Waals surface area contributed by atoms with E-state index in [2.05, 4.69) is 10.6 Å². The van der Waals surface area contributed by atoms with Crippen LogP contribution < -0.4 is 15.4 Å². The lowest BCUT2D eigenvalue weighted by molar-refractivity contribution is 0.414. The van der Waals surface area contributed by atoms with Gasteiger partial charge < -0.3 is 15.4 Å². The molecule has 0 bridgehead atoms. The molecule has 100 valence electrons.